The summed E-state index contributed by atoms with van der Waals surface area (Å²) in [7, 11) is 4.11. The summed E-state index contributed by atoms with van der Waals surface area (Å²) in [4.78, 5) is 31.5. The minimum Gasteiger partial charge on any atom is -0.460 e. The number of carbonyl (C=O) groups is 2. The molecule has 0 aliphatic carbocycles. The molecule has 2 amide bonds. The SMILES string of the molecule is C=CCOC(=O)CN(C(=O)N(C)C(C)CC(CCCC)N(C)C(C)CC(CC)CCCC)C(C)=CC. The van der Waals surface area contributed by atoms with E-state index in [0.29, 0.717) is 12.1 Å². The molecule has 4 atom stereocenters. The van der Waals surface area contributed by atoms with Crippen LogP contribution in [0.1, 0.15) is 106 Å². The quantitative estimate of drug-likeness (QED) is 0.136. The molecule has 0 aromatic carbocycles. The van der Waals surface area contributed by atoms with Gasteiger partial charge in [-0.3, -0.25) is 9.69 Å². The van der Waals surface area contributed by atoms with Crippen molar-refractivity contribution in [1.82, 2.24) is 14.7 Å². The first kappa shape index (κ1) is 34.2. The van der Waals surface area contributed by atoms with Crippen molar-refractivity contribution >= 4 is 12.0 Å². The lowest BCUT2D eigenvalue weighted by Crippen LogP contribution is -2.49. The Morgan fingerprint density at radius 1 is 0.972 bits per heavy atom. The molecule has 0 rings (SSSR count). The number of nitrogens with zero attached hydrogens (tertiary/aromatic N) is 3. The van der Waals surface area contributed by atoms with Crippen LogP contribution in [0.25, 0.3) is 0 Å². The van der Waals surface area contributed by atoms with Gasteiger partial charge in [0.05, 0.1) is 0 Å². The molecule has 0 spiro atoms. The number of esters is 1. The van der Waals surface area contributed by atoms with Gasteiger partial charge in [-0.05, 0) is 59.9 Å². The zero-order valence-electron chi connectivity index (χ0n) is 25.0. The number of hydrogen-bond donors (Lipinski definition) is 0. The summed E-state index contributed by atoms with van der Waals surface area (Å²) in [6.07, 6.45) is 14.1. The van der Waals surface area contributed by atoms with Gasteiger partial charge >= 0.3 is 12.0 Å². The first-order valence-corrected chi connectivity index (χ1v) is 14.2. The number of amides is 2. The largest absolute Gasteiger partial charge is 0.460 e. The Labute approximate surface area is 223 Å². The topological polar surface area (TPSA) is 53.1 Å². The molecule has 6 heteroatoms. The van der Waals surface area contributed by atoms with E-state index in [9.17, 15) is 9.59 Å². The first-order valence-electron chi connectivity index (χ1n) is 14.2. The Bertz CT molecular complexity index is 664. The fourth-order valence-electron chi connectivity index (χ4n) is 4.67. The third-order valence-corrected chi connectivity index (χ3v) is 7.68. The lowest BCUT2D eigenvalue weighted by molar-refractivity contribution is -0.142. The Kier molecular flexibility index (Phi) is 18.3. The predicted octanol–water partition coefficient (Wildman–Crippen LogP) is 7.26. The third-order valence-electron chi connectivity index (χ3n) is 7.68. The van der Waals surface area contributed by atoms with Crippen molar-refractivity contribution < 1.29 is 14.3 Å². The fraction of sp³-hybridized carbons (Fsp3) is 0.800. The number of hydrogen-bond acceptors (Lipinski definition) is 4. The highest BCUT2D eigenvalue weighted by Gasteiger charge is 2.29. The predicted molar refractivity (Wildman–Crippen MR) is 153 cm³/mol. The molecule has 0 aliphatic rings. The second kappa shape index (κ2) is 19.3. The van der Waals surface area contributed by atoms with Gasteiger partial charge in [-0.15, -0.1) is 0 Å². The average molecular weight is 508 g/mol. The molecule has 0 heterocycles. The van der Waals surface area contributed by atoms with Gasteiger partial charge in [-0.1, -0.05) is 78.0 Å². The Morgan fingerprint density at radius 2 is 1.58 bits per heavy atom. The number of urea groups is 1. The van der Waals surface area contributed by atoms with Crippen LogP contribution in [0, 0.1) is 5.92 Å². The van der Waals surface area contributed by atoms with Gasteiger partial charge < -0.3 is 14.5 Å². The fourth-order valence-corrected chi connectivity index (χ4v) is 4.67. The number of allylic oxidation sites excluding steroid dienone is 2. The van der Waals surface area contributed by atoms with Crippen molar-refractivity contribution in [3.05, 3.63) is 24.4 Å². The number of rotatable bonds is 19. The Hall–Kier alpha value is -1.82. The van der Waals surface area contributed by atoms with Crippen LogP contribution in [-0.2, 0) is 9.53 Å². The smallest absolute Gasteiger partial charge is 0.326 e. The van der Waals surface area contributed by atoms with Gasteiger partial charge in [0.2, 0.25) is 0 Å². The van der Waals surface area contributed by atoms with Crippen LogP contribution in [-0.4, -0.2) is 72.1 Å². The molecule has 0 N–H and O–H groups in total. The van der Waals surface area contributed by atoms with Crippen LogP contribution in [0.15, 0.2) is 24.4 Å². The standard InChI is InChI=1S/C30H57N3O3/c1-11-16-18-27(15-5)21-25(7)31(9)28(19-17-12-2)22-26(8)32(10)30(35)33(24(6)14-4)23-29(34)36-20-13-3/h13-14,25-28H,3,11-12,15-23H2,1-2,4-10H3. The maximum Gasteiger partial charge on any atom is 0.326 e. The van der Waals surface area contributed by atoms with Crippen LogP contribution in [0.2, 0.25) is 0 Å². The van der Waals surface area contributed by atoms with Crippen LogP contribution in [0.4, 0.5) is 4.79 Å². The summed E-state index contributed by atoms with van der Waals surface area (Å²) in [5.41, 5.74) is 0.737. The highest BCUT2D eigenvalue weighted by atomic mass is 16.5. The van der Waals surface area contributed by atoms with Crippen molar-refractivity contribution in [2.45, 2.75) is 124 Å². The molecule has 0 aromatic rings. The summed E-state index contributed by atoms with van der Waals surface area (Å²) < 4.78 is 5.14. The van der Waals surface area contributed by atoms with E-state index in [1.807, 2.05) is 27.0 Å². The summed E-state index contributed by atoms with van der Waals surface area (Å²) in [6.45, 7) is 18.6. The van der Waals surface area contributed by atoms with E-state index in [1.165, 1.54) is 49.5 Å². The highest BCUT2D eigenvalue weighted by molar-refractivity contribution is 5.82. The molecule has 210 valence electrons. The molecule has 0 radical (unpaired) electrons. The number of carbonyl (C=O) groups excluding carboxylic acids is 2. The molecule has 0 fully saturated rings. The van der Waals surface area contributed by atoms with E-state index < -0.39 is 5.97 Å². The minimum absolute atomic E-state index is 0.0346. The minimum atomic E-state index is -0.437. The summed E-state index contributed by atoms with van der Waals surface area (Å²) in [6, 6.07) is 0.766. The highest BCUT2D eigenvalue weighted by Crippen LogP contribution is 2.25. The van der Waals surface area contributed by atoms with E-state index in [4.69, 9.17) is 4.74 Å². The van der Waals surface area contributed by atoms with Gasteiger partial charge in [0.1, 0.15) is 13.2 Å². The average Bonchev–Trinajstić information content (AvgIpc) is 2.88. The van der Waals surface area contributed by atoms with Gasteiger partial charge in [0, 0.05) is 30.9 Å². The third kappa shape index (κ3) is 12.4. The monoisotopic (exact) mass is 507 g/mol. The molecule has 0 saturated heterocycles. The van der Waals surface area contributed by atoms with Gasteiger partial charge in [-0.2, -0.15) is 0 Å². The summed E-state index contributed by atoms with van der Waals surface area (Å²) in [5.74, 6) is 0.336. The second-order valence-corrected chi connectivity index (χ2v) is 10.4. The van der Waals surface area contributed by atoms with Gasteiger partial charge in [-0.25, -0.2) is 4.79 Å². The zero-order chi connectivity index (χ0) is 27.7. The van der Waals surface area contributed by atoms with Crippen molar-refractivity contribution in [3.8, 4) is 0 Å². The molecular formula is C30H57N3O3. The van der Waals surface area contributed by atoms with Crippen molar-refractivity contribution in [3.63, 3.8) is 0 Å². The normalized spacial score (nSPS) is 15.2. The molecular weight excluding hydrogens is 450 g/mol. The van der Waals surface area contributed by atoms with E-state index in [-0.39, 0.29) is 25.2 Å². The van der Waals surface area contributed by atoms with Crippen LogP contribution in [0.3, 0.4) is 0 Å². The molecule has 4 unspecified atom stereocenters. The van der Waals surface area contributed by atoms with Gasteiger partial charge in [0.15, 0.2) is 0 Å². The number of unbranched alkanes of at least 4 members (excludes halogenated alkanes) is 2. The molecule has 0 bridgehead atoms. The molecule has 6 nitrogen and oxygen atoms in total. The van der Waals surface area contributed by atoms with Crippen molar-refractivity contribution in [2.24, 2.45) is 5.92 Å². The molecule has 36 heavy (non-hydrogen) atoms. The lowest BCUT2D eigenvalue weighted by atomic mass is 9.90. The van der Waals surface area contributed by atoms with Crippen LogP contribution >= 0.6 is 0 Å². The maximum absolute atomic E-state index is 13.4. The molecule has 0 aromatic heterocycles. The number of ether oxygens (including phenoxy) is 1. The van der Waals surface area contributed by atoms with E-state index in [2.05, 4.69) is 53.1 Å². The molecule has 0 saturated carbocycles. The van der Waals surface area contributed by atoms with E-state index in [1.54, 1.807) is 4.90 Å². The van der Waals surface area contributed by atoms with Crippen LogP contribution in [0.5, 0.6) is 0 Å². The Morgan fingerprint density at radius 3 is 2.11 bits per heavy atom. The maximum atomic E-state index is 13.4. The van der Waals surface area contributed by atoms with Crippen LogP contribution < -0.4 is 0 Å². The second-order valence-electron chi connectivity index (χ2n) is 10.4. The van der Waals surface area contributed by atoms with Crippen molar-refractivity contribution in [1.29, 1.82) is 0 Å². The Balaban J connectivity index is 5.44. The summed E-state index contributed by atoms with van der Waals surface area (Å²) >= 11 is 0. The lowest BCUT2D eigenvalue weighted by Gasteiger charge is -2.39. The van der Waals surface area contributed by atoms with E-state index in [0.717, 1.165) is 30.9 Å². The van der Waals surface area contributed by atoms with E-state index >= 15 is 0 Å². The van der Waals surface area contributed by atoms with Gasteiger partial charge in [0.25, 0.3) is 0 Å². The zero-order valence-corrected chi connectivity index (χ0v) is 25.0. The van der Waals surface area contributed by atoms with Crippen molar-refractivity contribution in [2.75, 3.05) is 27.2 Å². The summed E-state index contributed by atoms with van der Waals surface area (Å²) in [5, 5.41) is 0. The molecule has 0 aliphatic heterocycles. The first-order chi connectivity index (χ1) is 17.1.